The molecule has 0 fully saturated rings. The van der Waals surface area contributed by atoms with E-state index in [4.69, 9.17) is 5.73 Å². The third-order valence-electron chi connectivity index (χ3n) is 0.899. The number of hydrogen-bond donors (Lipinski definition) is 1. The van der Waals surface area contributed by atoms with Gasteiger partial charge in [-0.25, -0.2) is 0 Å². The Morgan fingerprint density at radius 3 is 2.38 bits per heavy atom. The monoisotopic (exact) mass is 117 g/mol. The van der Waals surface area contributed by atoms with E-state index in [9.17, 15) is 5.21 Å². The molecular weight excluding hydrogens is 104 g/mol. The largest absolute Gasteiger partial charge is 0.785 e. The lowest BCUT2D eigenvalue weighted by molar-refractivity contribution is 0.427. The van der Waals surface area contributed by atoms with Crippen LogP contribution in [-0.2, 0) is 0 Å². The lowest BCUT2D eigenvalue weighted by Gasteiger charge is -2.22. The van der Waals surface area contributed by atoms with E-state index in [1.165, 1.54) is 7.05 Å². The highest BCUT2D eigenvalue weighted by Crippen LogP contribution is 1.87. The summed E-state index contributed by atoms with van der Waals surface area (Å²) in [6.07, 6.45) is 0.778. The SMILES string of the molecule is CC(N)CCN(C)[O-]. The van der Waals surface area contributed by atoms with Crippen molar-refractivity contribution in [1.82, 2.24) is 5.06 Å². The highest BCUT2D eigenvalue weighted by atomic mass is 16.5. The summed E-state index contributed by atoms with van der Waals surface area (Å²) in [5.74, 6) is 0. The summed E-state index contributed by atoms with van der Waals surface area (Å²) in [5, 5.41) is 11.1. The second kappa shape index (κ2) is 3.83. The third kappa shape index (κ3) is 5.88. The van der Waals surface area contributed by atoms with Crippen LogP contribution in [0.15, 0.2) is 0 Å². The van der Waals surface area contributed by atoms with E-state index in [0.29, 0.717) is 6.54 Å². The molecule has 1 atom stereocenters. The predicted octanol–water partition coefficient (Wildman–Crippen LogP) is 0.153. The summed E-state index contributed by atoms with van der Waals surface area (Å²) in [6.45, 7) is 2.43. The maximum absolute atomic E-state index is 10.2. The van der Waals surface area contributed by atoms with Crippen molar-refractivity contribution in [3.05, 3.63) is 5.21 Å². The first-order chi connectivity index (χ1) is 3.63. The molecule has 0 rings (SSSR count). The van der Waals surface area contributed by atoms with E-state index in [1.54, 1.807) is 0 Å². The Kier molecular flexibility index (Phi) is 3.77. The van der Waals surface area contributed by atoms with Crippen molar-refractivity contribution in [3.8, 4) is 0 Å². The van der Waals surface area contributed by atoms with Crippen molar-refractivity contribution in [1.29, 1.82) is 0 Å². The summed E-state index contributed by atoms with van der Waals surface area (Å²) in [7, 11) is 1.50. The van der Waals surface area contributed by atoms with Gasteiger partial charge in [-0.2, -0.15) is 0 Å². The molecule has 3 nitrogen and oxygen atoms in total. The Morgan fingerprint density at radius 1 is 1.75 bits per heavy atom. The van der Waals surface area contributed by atoms with E-state index < -0.39 is 0 Å². The molecule has 0 saturated heterocycles. The molecule has 0 aliphatic heterocycles. The molecule has 0 radical (unpaired) electrons. The third-order valence-corrected chi connectivity index (χ3v) is 0.899. The molecule has 2 N–H and O–H groups in total. The minimum atomic E-state index is 0.145. The lowest BCUT2D eigenvalue weighted by atomic mass is 10.2. The highest BCUT2D eigenvalue weighted by molar-refractivity contribution is 4.56. The van der Waals surface area contributed by atoms with Gasteiger partial charge in [0.15, 0.2) is 0 Å². The molecule has 0 aliphatic carbocycles. The van der Waals surface area contributed by atoms with Crippen LogP contribution in [0.5, 0.6) is 0 Å². The van der Waals surface area contributed by atoms with Crippen LogP contribution in [-0.4, -0.2) is 24.7 Å². The van der Waals surface area contributed by atoms with E-state index >= 15 is 0 Å². The standard InChI is InChI=1S/C5H13N2O/c1-5(6)3-4-7(2)8/h5H,3-4,6H2,1-2H3/q-1. The molecule has 0 aliphatic rings. The normalized spacial score (nSPS) is 14.6. The first-order valence-electron chi connectivity index (χ1n) is 2.76. The molecular formula is C5H13N2O-. The van der Waals surface area contributed by atoms with Crippen LogP contribution in [0.25, 0.3) is 0 Å². The minimum absolute atomic E-state index is 0.145. The van der Waals surface area contributed by atoms with Gasteiger partial charge in [0, 0.05) is 6.04 Å². The van der Waals surface area contributed by atoms with Crippen molar-refractivity contribution in [3.63, 3.8) is 0 Å². The summed E-state index contributed by atoms with van der Waals surface area (Å²) >= 11 is 0. The summed E-state index contributed by atoms with van der Waals surface area (Å²) < 4.78 is 0. The molecule has 0 heterocycles. The molecule has 0 aromatic heterocycles. The van der Waals surface area contributed by atoms with Crippen molar-refractivity contribution in [2.75, 3.05) is 13.6 Å². The van der Waals surface area contributed by atoms with Crippen molar-refractivity contribution >= 4 is 0 Å². The Hall–Kier alpha value is -0.120. The Labute approximate surface area is 50.0 Å². The topological polar surface area (TPSA) is 52.3 Å². The van der Waals surface area contributed by atoms with Gasteiger partial charge >= 0.3 is 0 Å². The molecule has 8 heavy (non-hydrogen) atoms. The molecule has 0 spiro atoms. The average Bonchev–Trinajstić information content (AvgIpc) is 1.61. The van der Waals surface area contributed by atoms with Gasteiger partial charge < -0.3 is 16.0 Å². The lowest BCUT2D eigenvalue weighted by Crippen LogP contribution is -2.22. The fourth-order valence-corrected chi connectivity index (χ4v) is 0.385. The zero-order valence-corrected chi connectivity index (χ0v) is 5.42. The number of hydrogen-bond acceptors (Lipinski definition) is 3. The predicted molar refractivity (Wildman–Crippen MR) is 34.3 cm³/mol. The van der Waals surface area contributed by atoms with Crippen molar-refractivity contribution in [2.24, 2.45) is 5.73 Å². The number of hydroxylamine groups is 2. The second-order valence-electron chi connectivity index (χ2n) is 2.12. The molecule has 3 heteroatoms. The minimum Gasteiger partial charge on any atom is -0.785 e. The second-order valence-corrected chi connectivity index (χ2v) is 2.12. The zero-order chi connectivity index (χ0) is 6.57. The van der Waals surface area contributed by atoms with Gasteiger partial charge in [-0.1, -0.05) is 0 Å². The molecule has 0 saturated carbocycles. The molecule has 50 valence electrons. The van der Waals surface area contributed by atoms with Gasteiger partial charge in [0.25, 0.3) is 0 Å². The van der Waals surface area contributed by atoms with Crippen molar-refractivity contribution < 1.29 is 0 Å². The summed E-state index contributed by atoms with van der Waals surface area (Å²) in [6, 6.07) is 0.145. The first-order valence-corrected chi connectivity index (χ1v) is 2.76. The van der Waals surface area contributed by atoms with Gasteiger partial charge in [-0.05, 0) is 26.9 Å². The average molecular weight is 117 g/mol. The number of nitrogens with zero attached hydrogens (tertiary/aromatic N) is 1. The molecule has 0 amide bonds. The molecule has 0 bridgehead atoms. The highest BCUT2D eigenvalue weighted by Gasteiger charge is 1.90. The smallest absolute Gasteiger partial charge is 0.00223 e. The molecule has 1 unspecified atom stereocenters. The van der Waals surface area contributed by atoms with E-state index in [-0.39, 0.29) is 6.04 Å². The fourth-order valence-electron chi connectivity index (χ4n) is 0.385. The molecule has 0 aromatic carbocycles. The number of rotatable bonds is 3. The van der Waals surface area contributed by atoms with Crippen LogP contribution in [0.1, 0.15) is 13.3 Å². The van der Waals surface area contributed by atoms with Gasteiger partial charge in [0.05, 0.1) is 0 Å². The van der Waals surface area contributed by atoms with Crippen molar-refractivity contribution in [2.45, 2.75) is 19.4 Å². The van der Waals surface area contributed by atoms with E-state index in [1.807, 2.05) is 6.92 Å². The van der Waals surface area contributed by atoms with Gasteiger partial charge in [-0.3, -0.25) is 0 Å². The van der Waals surface area contributed by atoms with Crippen LogP contribution >= 0.6 is 0 Å². The maximum atomic E-state index is 10.2. The van der Waals surface area contributed by atoms with E-state index in [2.05, 4.69) is 0 Å². The van der Waals surface area contributed by atoms with Gasteiger partial charge in [-0.15, -0.1) is 0 Å². The van der Waals surface area contributed by atoms with Crippen LogP contribution in [0.2, 0.25) is 0 Å². The van der Waals surface area contributed by atoms with Crippen LogP contribution in [0.3, 0.4) is 0 Å². The first kappa shape index (κ1) is 7.88. The maximum Gasteiger partial charge on any atom is 0.00223 e. The van der Waals surface area contributed by atoms with Crippen LogP contribution in [0, 0.1) is 5.21 Å². The van der Waals surface area contributed by atoms with Gasteiger partial charge in [0.2, 0.25) is 0 Å². The van der Waals surface area contributed by atoms with E-state index in [0.717, 1.165) is 11.5 Å². The van der Waals surface area contributed by atoms with Crippen LogP contribution < -0.4 is 5.73 Å². The quantitative estimate of drug-likeness (QED) is 0.535. The fraction of sp³-hybridized carbons (Fsp3) is 1.00. The summed E-state index contributed by atoms with van der Waals surface area (Å²) in [5.41, 5.74) is 5.38. The Morgan fingerprint density at radius 2 is 2.25 bits per heavy atom. The summed E-state index contributed by atoms with van der Waals surface area (Å²) in [4.78, 5) is 0. The number of nitrogens with two attached hydrogens (primary N) is 1. The zero-order valence-electron chi connectivity index (χ0n) is 5.42. The Balaban J connectivity index is 2.93. The Bertz CT molecular complexity index is 46.4. The van der Waals surface area contributed by atoms with Crippen LogP contribution in [0.4, 0.5) is 0 Å². The molecule has 0 aromatic rings. The van der Waals surface area contributed by atoms with Gasteiger partial charge in [0.1, 0.15) is 0 Å².